The standard InChI is InChI=1S/C23H24ClFN2O4S/c24-14-2-3-21(19(25)10-14)32(29,30)27-15-11-18-17(13-22(28)23(18)6-1-7-23)20(12-15)31-16-4-8-26-9-5-16/h2-3,10-12,16,26-27H,1,4-9,13H2. The number of rotatable bonds is 5. The fourth-order valence-corrected chi connectivity index (χ4v) is 6.23. The highest BCUT2D eigenvalue weighted by Crippen LogP contribution is 2.53. The van der Waals surface area contributed by atoms with Gasteiger partial charge in [0.25, 0.3) is 10.0 Å². The highest BCUT2D eigenvalue weighted by molar-refractivity contribution is 7.92. The lowest BCUT2D eigenvalue weighted by Crippen LogP contribution is -2.39. The monoisotopic (exact) mass is 478 g/mol. The van der Waals surface area contributed by atoms with E-state index in [1.54, 1.807) is 12.1 Å². The Bertz CT molecular complexity index is 1190. The first-order valence-electron chi connectivity index (χ1n) is 10.8. The van der Waals surface area contributed by atoms with Gasteiger partial charge in [0.2, 0.25) is 0 Å². The SMILES string of the molecule is O=C1Cc2c(OC3CCNCC3)cc(NS(=O)(=O)c3ccc(Cl)cc3F)cc2C12CCC2. The molecule has 1 saturated carbocycles. The van der Waals surface area contributed by atoms with Crippen LogP contribution in [0.4, 0.5) is 10.1 Å². The highest BCUT2D eigenvalue weighted by Gasteiger charge is 2.51. The van der Waals surface area contributed by atoms with Crippen LogP contribution in [0.5, 0.6) is 5.75 Å². The molecule has 2 fully saturated rings. The second-order valence-electron chi connectivity index (χ2n) is 8.78. The molecule has 2 aromatic carbocycles. The zero-order valence-electron chi connectivity index (χ0n) is 17.4. The van der Waals surface area contributed by atoms with Crippen molar-refractivity contribution >= 4 is 33.1 Å². The Morgan fingerprint density at radius 2 is 1.91 bits per heavy atom. The predicted octanol–water partition coefficient (Wildman–Crippen LogP) is 3.96. The molecular formula is C23H24ClFN2O4S. The van der Waals surface area contributed by atoms with Crippen molar-refractivity contribution in [1.29, 1.82) is 0 Å². The van der Waals surface area contributed by atoms with E-state index in [4.69, 9.17) is 16.3 Å². The number of ether oxygens (including phenoxy) is 1. The Morgan fingerprint density at radius 3 is 2.56 bits per heavy atom. The van der Waals surface area contributed by atoms with E-state index in [2.05, 4.69) is 10.0 Å². The van der Waals surface area contributed by atoms with E-state index in [0.29, 0.717) is 12.2 Å². The van der Waals surface area contributed by atoms with Crippen LogP contribution < -0.4 is 14.8 Å². The molecule has 2 aliphatic carbocycles. The normalized spacial score (nSPS) is 20.1. The molecule has 3 aliphatic rings. The number of benzene rings is 2. The number of carbonyl (C=O) groups is 1. The van der Waals surface area contributed by atoms with Gasteiger partial charge in [0.1, 0.15) is 28.3 Å². The number of Topliss-reactive ketones (excluding diaryl/α,β-unsaturated/α-hetero) is 1. The molecule has 32 heavy (non-hydrogen) atoms. The Hall–Kier alpha value is -2.16. The molecule has 1 spiro atoms. The number of piperidine rings is 1. The van der Waals surface area contributed by atoms with Gasteiger partial charge in [-0.2, -0.15) is 0 Å². The predicted molar refractivity (Wildman–Crippen MR) is 119 cm³/mol. The van der Waals surface area contributed by atoms with Crippen molar-refractivity contribution < 1.29 is 22.3 Å². The topological polar surface area (TPSA) is 84.5 Å². The summed E-state index contributed by atoms with van der Waals surface area (Å²) in [6.07, 6.45) is 4.44. The quantitative estimate of drug-likeness (QED) is 0.679. The van der Waals surface area contributed by atoms with Gasteiger partial charge in [0.05, 0.1) is 11.1 Å². The molecule has 2 N–H and O–H groups in total. The van der Waals surface area contributed by atoms with Crippen molar-refractivity contribution in [1.82, 2.24) is 5.32 Å². The second kappa shape index (κ2) is 8.01. The summed E-state index contributed by atoms with van der Waals surface area (Å²) in [5.41, 5.74) is 1.42. The molecule has 0 unspecified atom stereocenters. The van der Waals surface area contributed by atoms with Crippen molar-refractivity contribution in [3.05, 3.63) is 52.3 Å². The average Bonchev–Trinajstić information content (AvgIpc) is 3.00. The molecule has 1 aliphatic heterocycles. The smallest absolute Gasteiger partial charge is 0.264 e. The van der Waals surface area contributed by atoms with E-state index >= 15 is 0 Å². The van der Waals surface area contributed by atoms with Gasteiger partial charge in [-0.15, -0.1) is 0 Å². The molecule has 9 heteroatoms. The summed E-state index contributed by atoms with van der Waals surface area (Å²) in [7, 11) is -4.20. The van der Waals surface area contributed by atoms with Crippen LogP contribution in [0.2, 0.25) is 5.02 Å². The van der Waals surface area contributed by atoms with E-state index in [9.17, 15) is 17.6 Å². The summed E-state index contributed by atoms with van der Waals surface area (Å²) in [6, 6.07) is 6.77. The van der Waals surface area contributed by atoms with Crippen molar-refractivity contribution in [2.24, 2.45) is 0 Å². The molecule has 170 valence electrons. The van der Waals surface area contributed by atoms with Gasteiger partial charge in [-0.25, -0.2) is 12.8 Å². The number of sulfonamides is 1. The lowest BCUT2D eigenvalue weighted by molar-refractivity contribution is -0.125. The van der Waals surface area contributed by atoms with Crippen LogP contribution in [0.15, 0.2) is 35.2 Å². The van der Waals surface area contributed by atoms with Gasteiger partial charge in [-0.1, -0.05) is 18.0 Å². The second-order valence-corrected chi connectivity index (χ2v) is 10.9. The van der Waals surface area contributed by atoms with Gasteiger partial charge >= 0.3 is 0 Å². The molecule has 2 aromatic rings. The minimum Gasteiger partial charge on any atom is -0.490 e. The molecule has 1 saturated heterocycles. The summed E-state index contributed by atoms with van der Waals surface area (Å²) in [5.74, 6) is -0.221. The zero-order valence-corrected chi connectivity index (χ0v) is 19.0. The van der Waals surface area contributed by atoms with Crippen LogP contribution >= 0.6 is 11.6 Å². The van der Waals surface area contributed by atoms with Crippen molar-refractivity contribution in [2.45, 2.75) is 54.9 Å². The number of hydrogen-bond donors (Lipinski definition) is 2. The third-order valence-electron chi connectivity index (χ3n) is 6.82. The Kier molecular flexibility index (Phi) is 5.42. The van der Waals surface area contributed by atoms with E-state index in [0.717, 1.165) is 68.5 Å². The number of hydrogen-bond acceptors (Lipinski definition) is 5. The van der Waals surface area contributed by atoms with Crippen LogP contribution in [0, 0.1) is 5.82 Å². The van der Waals surface area contributed by atoms with Gasteiger partial charge < -0.3 is 10.1 Å². The Morgan fingerprint density at radius 1 is 1.16 bits per heavy atom. The minimum atomic E-state index is -4.20. The molecule has 0 radical (unpaired) electrons. The number of anilines is 1. The molecule has 0 atom stereocenters. The van der Waals surface area contributed by atoms with Gasteiger partial charge in [-0.3, -0.25) is 9.52 Å². The van der Waals surface area contributed by atoms with Gasteiger partial charge in [0, 0.05) is 23.1 Å². The average molecular weight is 479 g/mol. The maximum atomic E-state index is 14.3. The number of halogens is 2. The molecule has 0 amide bonds. The van der Waals surface area contributed by atoms with Crippen molar-refractivity contribution in [3.8, 4) is 5.75 Å². The molecule has 0 bridgehead atoms. The Labute approximate surface area is 191 Å². The summed E-state index contributed by atoms with van der Waals surface area (Å²) in [4.78, 5) is 12.4. The third kappa shape index (κ3) is 3.68. The lowest BCUT2D eigenvalue weighted by atomic mass is 9.64. The van der Waals surface area contributed by atoms with Crippen LogP contribution in [0.1, 0.15) is 43.2 Å². The molecule has 0 aromatic heterocycles. The first-order valence-corrected chi connectivity index (χ1v) is 12.7. The van der Waals surface area contributed by atoms with E-state index in [1.807, 2.05) is 0 Å². The first-order chi connectivity index (χ1) is 15.3. The van der Waals surface area contributed by atoms with Crippen LogP contribution in [0.3, 0.4) is 0 Å². The van der Waals surface area contributed by atoms with E-state index in [1.165, 1.54) is 6.07 Å². The molecule has 6 nitrogen and oxygen atoms in total. The summed E-state index contributed by atoms with van der Waals surface area (Å²) in [5, 5.41) is 3.40. The largest absolute Gasteiger partial charge is 0.490 e. The fourth-order valence-electron chi connectivity index (χ4n) is 4.97. The molecule has 5 rings (SSSR count). The van der Waals surface area contributed by atoms with Gasteiger partial charge in [-0.05, 0) is 68.6 Å². The van der Waals surface area contributed by atoms with Gasteiger partial charge in [0.15, 0.2) is 0 Å². The molecule has 1 heterocycles. The summed E-state index contributed by atoms with van der Waals surface area (Å²) < 4.78 is 49.0. The Balaban J connectivity index is 1.54. The number of ketones is 1. The van der Waals surface area contributed by atoms with E-state index in [-0.39, 0.29) is 22.6 Å². The summed E-state index contributed by atoms with van der Waals surface area (Å²) in [6.45, 7) is 1.69. The fraction of sp³-hybridized carbons (Fsp3) is 0.435. The number of fused-ring (bicyclic) bond motifs is 2. The lowest BCUT2D eigenvalue weighted by Gasteiger charge is -2.38. The minimum absolute atomic E-state index is 0.00559. The maximum Gasteiger partial charge on any atom is 0.264 e. The van der Waals surface area contributed by atoms with Crippen molar-refractivity contribution in [2.75, 3.05) is 17.8 Å². The van der Waals surface area contributed by atoms with Crippen LogP contribution in [-0.4, -0.2) is 33.4 Å². The highest BCUT2D eigenvalue weighted by atomic mass is 35.5. The number of carbonyl (C=O) groups excluding carboxylic acids is 1. The van der Waals surface area contributed by atoms with Crippen LogP contribution in [-0.2, 0) is 26.7 Å². The maximum absolute atomic E-state index is 14.3. The number of nitrogens with one attached hydrogen (secondary N) is 2. The van der Waals surface area contributed by atoms with E-state index < -0.39 is 26.2 Å². The molecular weight excluding hydrogens is 455 g/mol. The summed E-state index contributed by atoms with van der Waals surface area (Å²) >= 11 is 5.76. The van der Waals surface area contributed by atoms with Crippen molar-refractivity contribution in [3.63, 3.8) is 0 Å². The van der Waals surface area contributed by atoms with Crippen LogP contribution in [0.25, 0.3) is 0 Å². The zero-order chi connectivity index (χ0) is 22.5. The first kappa shape index (κ1) is 21.7. The third-order valence-corrected chi connectivity index (χ3v) is 8.47.